The quantitative estimate of drug-likeness (QED) is 0.768. The standard InChI is InChI=1S/C20H22ClN3O4/c1-10(19-23-24-20(28-19)13-7-11(13)2)5-6-22-18(26)17-9-15(25)14-8-12(21)3-4-16(14)27-17/h3-4,8,11,13,15,17,25H,1,5-7,9H2,2H3,(H,22,26)/t11-,13-,15?,17?/m1/s1. The second-order valence-electron chi connectivity index (χ2n) is 7.45. The summed E-state index contributed by atoms with van der Waals surface area (Å²) in [7, 11) is 0. The number of nitrogens with zero attached hydrogens (tertiary/aromatic N) is 2. The summed E-state index contributed by atoms with van der Waals surface area (Å²) >= 11 is 5.95. The SMILES string of the molecule is C=C(CCNC(=O)C1CC(O)c2cc(Cl)ccc2O1)c1nnc([C@@H]2C[C@H]2C)o1. The van der Waals surface area contributed by atoms with E-state index in [2.05, 4.69) is 29.0 Å². The van der Waals surface area contributed by atoms with Crippen molar-refractivity contribution in [2.45, 2.75) is 44.3 Å². The van der Waals surface area contributed by atoms with Gasteiger partial charge in [-0.25, -0.2) is 0 Å². The molecule has 1 saturated carbocycles. The van der Waals surface area contributed by atoms with Crippen LogP contribution in [-0.2, 0) is 4.79 Å². The minimum absolute atomic E-state index is 0.173. The van der Waals surface area contributed by atoms with Crippen LogP contribution >= 0.6 is 11.6 Å². The lowest BCUT2D eigenvalue weighted by Gasteiger charge is -2.28. The lowest BCUT2D eigenvalue weighted by atomic mass is 9.98. The van der Waals surface area contributed by atoms with Crippen molar-refractivity contribution in [2.75, 3.05) is 6.54 Å². The van der Waals surface area contributed by atoms with E-state index in [1.54, 1.807) is 18.2 Å². The Morgan fingerprint density at radius 2 is 2.18 bits per heavy atom. The first-order valence-corrected chi connectivity index (χ1v) is 9.73. The van der Waals surface area contributed by atoms with E-state index < -0.39 is 12.2 Å². The van der Waals surface area contributed by atoms with Gasteiger partial charge in [-0.15, -0.1) is 10.2 Å². The highest BCUT2D eigenvalue weighted by Gasteiger charge is 2.38. The predicted octanol–water partition coefficient (Wildman–Crippen LogP) is 3.25. The first kappa shape index (κ1) is 19.0. The van der Waals surface area contributed by atoms with Crippen molar-refractivity contribution in [3.63, 3.8) is 0 Å². The third-order valence-electron chi connectivity index (χ3n) is 5.23. The molecule has 2 aromatic rings. The molecule has 0 bridgehead atoms. The number of aliphatic hydroxyl groups excluding tert-OH is 1. The molecule has 148 valence electrons. The molecule has 0 radical (unpaired) electrons. The molecule has 2 heterocycles. The van der Waals surface area contributed by atoms with Crippen molar-refractivity contribution in [1.29, 1.82) is 0 Å². The fraction of sp³-hybridized carbons (Fsp3) is 0.450. The lowest BCUT2D eigenvalue weighted by Crippen LogP contribution is -2.41. The first-order valence-electron chi connectivity index (χ1n) is 9.35. The summed E-state index contributed by atoms with van der Waals surface area (Å²) in [5.74, 6) is 2.22. The molecule has 2 N–H and O–H groups in total. The van der Waals surface area contributed by atoms with Crippen molar-refractivity contribution in [2.24, 2.45) is 5.92 Å². The van der Waals surface area contributed by atoms with Crippen molar-refractivity contribution < 1.29 is 19.1 Å². The number of aromatic nitrogens is 2. The maximum Gasteiger partial charge on any atom is 0.261 e. The van der Waals surface area contributed by atoms with E-state index in [1.165, 1.54) is 0 Å². The highest BCUT2D eigenvalue weighted by atomic mass is 35.5. The van der Waals surface area contributed by atoms with Gasteiger partial charge in [-0.1, -0.05) is 25.1 Å². The summed E-state index contributed by atoms with van der Waals surface area (Å²) in [6.45, 7) is 6.47. The maximum absolute atomic E-state index is 12.4. The predicted molar refractivity (Wildman–Crippen MR) is 103 cm³/mol. The minimum Gasteiger partial charge on any atom is -0.480 e. The van der Waals surface area contributed by atoms with Crippen LogP contribution in [0.25, 0.3) is 5.57 Å². The molecule has 7 nitrogen and oxygen atoms in total. The van der Waals surface area contributed by atoms with E-state index in [4.69, 9.17) is 20.8 Å². The zero-order chi connectivity index (χ0) is 19.8. The minimum atomic E-state index is -0.796. The smallest absolute Gasteiger partial charge is 0.261 e. The van der Waals surface area contributed by atoms with Crippen LogP contribution in [-0.4, -0.2) is 33.9 Å². The normalized spacial score (nSPS) is 25.5. The molecule has 28 heavy (non-hydrogen) atoms. The average Bonchev–Trinajstić information content (AvgIpc) is 3.19. The third-order valence-corrected chi connectivity index (χ3v) is 5.46. The van der Waals surface area contributed by atoms with Crippen LogP contribution in [0.1, 0.15) is 55.6 Å². The molecule has 2 unspecified atom stereocenters. The zero-order valence-corrected chi connectivity index (χ0v) is 16.3. The summed E-state index contributed by atoms with van der Waals surface area (Å²) in [4.78, 5) is 12.4. The highest BCUT2D eigenvalue weighted by Crippen LogP contribution is 2.46. The molecule has 1 amide bonds. The molecule has 8 heteroatoms. The lowest BCUT2D eigenvalue weighted by molar-refractivity contribution is -0.130. The van der Waals surface area contributed by atoms with Gasteiger partial charge >= 0.3 is 0 Å². The number of hydrogen-bond donors (Lipinski definition) is 2. The van der Waals surface area contributed by atoms with Gasteiger partial charge in [0.2, 0.25) is 11.8 Å². The van der Waals surface area contributed by atoms with Crippen LogP contribution in [0.15, 0.2) is 29.2 Å². The Balaban J connectivity index is 1.28. The summed E-state index contributed by atoms with van der Waals surface area (Å²) in [6, 6.07) is 4.98. The van der Waals surface area contributed by atoms with E-state index in [0.717, 1.165) is 6.42 Å². The van der Waals surface area contributed by atoms with Crippen LogP contribution in [0.3, 0.4) is 0 Å². The Bertz CT molecular complexity index is 913. The monoisotopic (exact) mass is 403 g/mol. The Morgan fingerprint density at radius 3 is 2.93 bits per heavy atom. The molecule has 0 saturated heterocycles. The van der Waals surface area contributed by atoms with E-state index >= 15 is 0 Å². The number of carbonyl (C=O) groups is 1. The van der Waals surface area contributed by atoms with Gasteiger partial charge in [0.05, 0.1) is 6.10 Å². The summed E-state index contributed by atoms with van der Waals surface area (Å²) < 4.78 is 11.4. The highest BCUT2D eigenvalue weighted by molar-refractivity contribution is 6.30. The fourth-order valence-electron chi connectivity index (χ4n) is 3.33. The number of halogens is 1. The molecule has 1 aliphatic carbocycles. The fourth-order valence-corrected chi connectivity index (χ4v) is 3.51. The number of amides is 1. The van der Waals surface area contributed by atoms with Gasteiger partial charge in [0, 0.05) is 35.0 Å². The van der Waals surface area contributed by atoms with E-state index in [0.29, 0.717) is 58.5 Å². The molecular formula is C20H22ClN3O4. The summed E-state index contributed by atoms with van der Waals surface area (Å²) in [5, 5.41) is 21.7. The van der Waals surface area contributed by atoms with Crippen LogP contribution in [0.4, 0.5) is 0 Å². The number of hydrogen-bond acceptors (Lipinski definition) is 6. The van der Waals surface area contributed by atoms with Crippen molar-refractivity contribution >= 4 is 23.1 Å². The Morgan fingerprint density at radius 1 is 1.39 bits per heavy atom. The maximum atomic E-state index is 12.4. The molecule has 2 aliphatic rings. The van der Waals surface area contributed by atoms with E-state index in [-0.39, 0.29) is 12.3 Å². The van der Waals surface area contributed by atoms with E-state index in [9.17, 15) is 9.90 Å². The molecule has 4 rings (SSSR count). The molecule has 0 spiro atoms. The Kier molecular flexibility index (Phi) is 5.12. The van der Waals surface area contributed by atoms with Gasteiger partial charge in [0.25, 0.3) is 5.91 Å². The van der Waals surface area contributed by atoms with Crippen molar-refractivity contribution in [3.8, 4) is 5.75 Å². The van der Waals surface area contributed by atoms with E-state index in [1.807, 2.05) is 0 Å². The molecule has 1 fully saturated rings. The second kappa shape index (κ2) is 7.56. The van der Waals surface area contributed by atoms with Gasteiger partial charge in [-0.2, -0.15) is 0 Å². The van der Waals surface area contributed by atoms with Gasteiger partial charge in [-0.05, 0) is 37.0 Å². The van der Waals surface area contributed by atoms with Crippen LogP contribution in [0.2, 0.25) is 5.02 Å². The number of fused-ring (bicyclic) bond motifs is 1. The van der Waals surface area contributed by atoms with Gasteiger partial charge in [-0.3, -0.25) is 4.79 Å². The van der Waals surface area contributed by atoms with Crippen LogP contribution < -0.4 is 10.1 Å². The largest absolute Gasteiger partial charge is 0.480 e. The van der Waals surface area contributed by atoms with Gasteiger partial charge in [0.1, 0.15) is 5.75 Å². The number of ether oxygens (including phenoxy) is 1. The third kappa shape index (κ3) is 3.91. The van der Waals surface area contributed by atoms with Gasteiger partial charge < -0.3 is 19.6 Å². The first-order chi connectivity index (χ1) is 13.4. The molecule has 1 aromatic carbocycles. The molecule has 1 aliphatic heterocycles. The zero-order valence-electron chi connectivity index (χ0n) is 15.5. The van der Waals surface area contributed by atoms with Gasteiger partial charge in [0.15, 0.2) is 6.10 Å². The Labute approximate surface area is 167 Å². The number of benzene rings is 1. The summed E-state index contributed by atoms with van der Waals surface area (Å²) in [5.41, 5.74) is 1.28. The van der Waals surface area contributed by atoms with Crippen LogP contribution in [0, 0.1) is 5.92 Å². The average molecular weight is 404 g/mol. The van der Waals surface area contributed by atoms with Crippen molar-refractivity contribution in [1.82, 2.24) is 15.5 Å². The number of rotatable bonds is 6. The Hall–Kier alpha value is -2.38. The van der Waals surface area contributed by atoms with Crippen LogP contribution in [0.5, 0.6) is 5.75 Å². The van der Waals surface area contributed by atoms with Crippen molar-refractivity contribution in [3.05, 3.63) is 47.1 Å². The molecular weight excluding hydrogens is 382 g/mol. The topological polar surface area (TPSA) is 97.5 Å². The number of carbonyl (C=O) groups excluding carboxylic acids is 1. The second-order valence-corrected chi connectivity index (χ2v) is 7.89. The molecule has 4 atom stereocenters. The summed E-state index contributed by atoms with van der Waals surface area (Å²) in [6.07, 6.45) is 0.173. The number of nitrogens with one attached hydrogen (secondary N) is 1. The molecule has 1 aromatic heterocycles. The number of aliphatic hydroxyl groups is 1.